The molecule has 0 fully saturated rings. The molecule has 16 heteroatoms. The molecule has 3 aromatic heterocycles. The van der Waals surface area contributed by atoms with Gasteiger partial charge in [0, 0.05) is 36.6 Å². The third kappa shape index (κ3) is 12.1. The first-order valence-electron chi connectivity index (χ1n) is 18.0. The molecule has 13 nitrogen and oxygen atoms in total. The molecule has 2 aromatic carbocycles. The summed E-state index contributed by atoms with van der Waals surface area (Å²) in [5.41, 5.74) is 2.21. The van der Waals surface area contributed by atoms with Gasteiger partial charge < -0.3 is 35.4 Å². The van der Waals surface area contributed by atoms with Gasteiger partial charge in [0.05, 0.1) is 29.5 Å². The van der Waals surface area contributed by atoms with Crippen LogP contribution in [0.5, 0.6) is 5.75 Å². The second-order valence-electron chi connectivity index (χ2n) is 13.4. The summed E-state index contributed by atoms with van der Waals surface area (Å²) in [7, 11) is 7.69. The molecule has 0 spiro atoms. The summed E-state index contributed by atoms with van der Waals surface area (Å²) < 4.78 is 21.5. The SMILES string of the molecule is CNCCN(C)CC(O)CCCN(c1cc(C)c(Nc2nc3ccccc3s2)nn1)c1nc(C(=O)O)c(CCCOc2ccc(C#CCN(C)C)cc2F)s1. The zero-order chi connectivity index (χ0) is 39.3. The van der Waals surface area contributed by atoms with E-state index in [2.05, 4.69) is 47.5 Å². The lowest BCUT2D eigenvalue weighted by molar-refractivity contribution is 0.0690. The number of carboxylic acids is 1. The van der Waals surface area contributed by atoms with Crippen LogP contribution in [0.4, 0.5) is 26.3 Å². The van der Waals surface area contributed by atoms with Gasteiger partial charge in [0.1, 0.15) is 0 Å². The fourth-order valence-corrected chi connectivity index (χ4v) is 7.59. The molecular weight excluding hydrogens is 742 g/mol. The predicted octanol–water partition coefficient (Wildman–Crippen LogP) is 5.79. The summed E-state index contributed by atoms with van der Waals surface area (Å²) in [4.78, 5) is 28.0. The first-order valence-corrected chi connectivity index (χ1v) is 19.7. The van der Waals surface area contributed by atoms with Crippen LogP contribution in [0.15, 0.2) is 48.5 Å². The number of aryl methyl sites for hydroxylation is 2. The van der Waals surface area contributed by atoms with Crippen LogP contribution < -0.4 is 20.3 Å². The average Bonchev–Trinajstić information content (AvgIpc) is 3.76. The number of aliphatic hydroxyl groups is 1. The third-order valence-electron chi connectivity index (χ3n) is 8.44. The first-order chi connectivity index (χ1) is 26.5. The highest BCUT2D eigenvalue weighted by Gasteiger charge is 2.24. The number of hydrogen-bond acceptors (Lipinski definition) is 14. The Morgan fingerprint density at radius 2 is 1.87 bits per heavy atom. The molecule has 1 unspecified atom stereocenters. The number of carboxylic acid groups (broad SMARTS) is 1. The normalized spacial score (nSPS) is 11.9. The number of likely N-dealkylation sites (N-methyl/N-ethyl adjacent to an activating group) is 2. The lowest BCUT2D eigenvalue weighted by Crippen LogP contribution is -2.34. The number of nitrogens with one attached hydrogen (secondary N) is 2. The Hall–Kier alpha value is -4.76. The number of aromatic nitrogens is 4. The fourth-order valence-electron chi connectivity index (χ4n) is 5.59. The maximum atomic E-state index is 14.7. The van der Waals surface area contributed by atoms with Crippen molar-refractivity contribution in [2.45, 2.75) is 38.7 Å². The molecule has 1 atom stereocenters. The number of halogens is 1. The Bertz CT molecular complexity index is 2070. The number of aliphatic hydroxyl groups excluding tert-OH is 1. The van der Waals surface area contributed by atoms with Crippen LogP contribution in [0.1, 0.15) is 45.8 Å². The van der Waals surface area contributed by atoms with Gasteiger partial charge in [-0.3, -0.25) is 4.90 Å². The number of anilines is 4. The minimum atomic E-state index is -1.15. The number of fused-ring (bicyclic) bond motifs is 1. The van der Waals surface area contributed by atoms with Crippen LogP contribution >= 0.6 is 22.7 Å². The Labute approximate surface area is 329 Å². The third-order valence-corrected chi connectivity index (χ3v) is 10.5. The molecule has 0 saturated carbocycles. The number of benzene rings is 2. The van der Waals surface area contributed by atoms with Gasteiger partial charge in [-0.2, -0.15) is 0 Å². The molecule has 0 aliphatic rings. The molecule has 5 aromatic rings. The minimum Gasteiger partial charge on any atom is -0.491 e. The van der Waals surface area contributed by atoms with Crippen molar-refractivity contribution < 1.29 is 24.1 Å². The summed E-state index contributed by atoms with van der Waals surface area (Å²) in [5.74, 6) is 5.43. The van der Waals surface area contributed by atoms with E-state index in [0.717, 1.165) is 28.9 Å². The van der Waals surface area contributed by atoms with Crippen molar-refractivity contribution in [3.63, 3.8) is 0 Å². The van der Waals surface area contributed by atoms with Crippen LogP contribution in [0.3, 0.4) is 0 Å². The molecule has 4 N–H and O–H groups in total. The first kappa shape index (κ1) is 41.4. The van der Waals surface area contributed by atoms with Crippen LogP contribution in [-0.4, -0.2) is 120 Å². The minimum absolute atomic E-state index is 0.0539. The van der Waals surface area contributed by atoms with Gasteiger partial charge in [0.25, 0.3) is 0 Å². The van der Waals surface area contributed by atoms with E-state index < -0.39 is 17.9 Å². The second kappa shape index (κ2) is 20.2. The van der Waals surface area contributed by atoms with Gasteiger partial charge in [-0.15, -0.1) is 21.5 Å². The maximum Gasteiger partial charge on any atom is 0.355 e. The standard InChI is InChI=1S/C39H48FN9O4S2/c1-26-23-34(45-46-36(26)44-38-42-30-13-6-7-14-32(30)54-38)49(20-9-12-28(50)25-48(5)21-18-41-2)39-43-35(37(51)52)33(55-39)15-10-22-53-31-17-16-27(24-29(31)40)11-8-19-47(3)4/h6-7,13-14,16-17,23-24,28,41,50H,9-10,12,15,18-22,25H2,1-5H3,(H,51,52)(H,42,44,46). The van der Waals surface area contributed by atoms with Crippen molar-refractivity contribution in [2.24, 2.45) is 0 Å². The lowest BCUT2D eigenvalue weighted by atomic mass is 10.2. The number of carbonyl (C=O) groups is 1. The van der Waals surface area contributed by atoms with Crippen molar-refractivity contribution in [2.75, 3.05) is 77.7 Å². The van der Waals surface area contributed by atoms with Gasteiger partial charge in [-0.05, 0) is 103 Å². The van der Waals surface area contributed by atoms with Gasteiger partial charge in [0.2, 0.25) is 0 Å². The number of rotatable bonds is 20. The highest BCUT2D eigenvalue weighted by atomic mass is 32.1. The summed E-state index contributed by atoms with van der Waals surface area (Å²) in [5, 5.41) is 37.5. The summed E-state index contributed by atoms with van der Waals surface area (Å²) in [6.07, 6.45) is 1.35. The summed E-state index contributed by atoms with van der Waals surface area (Å²) >= 11 is 2.78. The molecule has 0 radical (unpaired) electrons. The van der Waals surface area contributed by atoms with Crippen LogP contribution in [0.2, 0.25) is 0 Å². The number of nitrogens with zero attached hydrogens (tertiary/aromatic N) is 7. The smallest absolute Gasteiger partial charge is 0.355 e. The van der Waals surface area contributed by atoms with Gasteiger partial charge in [0.15, 0.2) is 39.2 Å². The van der Waals surface area contributed by atoms with Gasteiger partial charge >= 0.3 is 5.97 Å². The molecule has 3 heterocycles. The van der Waals surface area contributed by atoms with E-state index >= 15 is 0 Å². The average molecular weight is 790 g/mol. The molecular formula is C39H48FN9O4S2. The quantitative estimate of drug-likeness (QED) is 0.0557. The molecule has 5 rings (SSSR count). The van der Waals surface area contributed by atoms with E-state index in [1.54, 1.807) is 12.1 Å². The molecule has 0 bridgehead atoms. The van der Waals surface area contributed by atoms with E-state index in [9.17, 15) is 19.4 Å². The number of hydrogen-bond donors (Lipinski definition) is 4. The number of thiazole rings is 2. The zero-order valence-corrected chi connectivity index (χ0v) is 33.4. The van der Waals surface area contributed by atoms with Crippen molar-refractivity contribution >= 4 is 60.8 Å². The van der Waals surface area contributed by atoms with Crippen LogP contribution in [0, 0.1) is 24.6 Å². The summed E-state index contributed by atoms with van der Waals surface area (Å²) in [6, 6.07) is 14.4. The van der Waals surface area contributed by atoms with E-state index in [0.29, 0.717) is 77.7 Å². The van der Waals surface area contributed by atoms with Crippen LogP contribution in [-0.2, 0) is 6.42 Å². The molecule has 0 saturated heterocycles. The Morgan fingerprint density at radius 3 is 2.60 bits per heavy atom. The fraction of sp³-hybridized carbons (Fsp3) is 0.410. The molecule has 0 aliphatic carbocycles. The number of aromatic carboxylic acids is 1. The molecule has 0 aliphatic heterocycles. The van der Waals surface area contributed by atoms with Crippen molar-refractivity contribution in [1.82, 2.24) is 35.3 Å². The van der Waals surface area contributed by atoms with Gasteiger partial charge in [-0.1, -0.05) is 35.3 Å². The Balaban J connectivity index is 1.30. The highest BCUT2D eigenvalue weighted by Crippen LogP contribution is 2.34. The monoisotopic (exact) mass is 789 g/mol. The van der Waals surface area contributed by atoms with Gasteiger partial charge in [-0.25, -0.2) is 19.2 Å². The van der Waals surface area contributed by atoms with E-state index in [1.165, 1.54) is 28.7 Å². The Morgan fingerprint density at radius 1 is 1.05 bits per heavy atom. The molecule has 55 heavy (non-hydrogen) atoms. The maximum absolute atomic E-state index is 14.7. The lowest BCUT2D eigenvalue weighted by Gasteiger charge is -2.23. The van der Waals surface area contributed by atoms with Crippen molar-refractivity contribution in [3.8, 4) is 17.6 Å². The molecule has 292 valence electrons. The number of ether oxygens (including phenoxy) is 1. The topological polar surface area (TPSA) is 152 Å². The number of para-hydroxylation sites is 1. The van der Waals surface area contributed by atoms with E-state index in [4.69, 9.17) is 4.74 Å². The molecule has 0 amide bonds. The van der Waals surface area contributed by atoms with Crippen LogP contribution in [0.25, 0.3) is 10.2 Å². The van der Waals surface area contributed by atoms with E-state index in [-0.39, 0.29) is 18.1 Å². The summed E-state index contributed by atoms with van der Waals surface area (Å²) in [6.45, 7) is 5.23. The van der Waals surface area contributed by atoms with E-state index in [1.807, 2.05) is 75.2 Å². The largest absolute Gasteiger partial charge is 0.491 e. The second-order valence-corrected chi connectivity index (χ2v) is 15.5. The zero-order valence-electron chi connectivity index (χ0n) is 31.8. The predicted molar refractivity (Wildman–Crippen MR) is 218 cm³/mol. The van der Waals surface area contributed by atoms with Crippen molar-refractivity contribution in [3.05, 3.63) is 76.0 Å². The highest BCUT2D eigenvalue weighted by molar-refractivity contribution is 7.22. The van der Waals surface area contributed by atoms with Crippen molar-refractivity contribution in [1.29, 1.82) is 0 Å². The Kier molecular flexibility index (Phi) is 15.2.